The average molecular weight is 428 g/mol. The number of fused-ring (bicyclic) bond motifs is 1. The van der Waals surface area contributed by atoms with E-state index < -0.39 is 6.04 Å². The molecule has 2 aliphatic rings. The smallest absolute Gasteiger partial charge is 0.253 e. The van der Waals surface area contributed by atoms with Crippen LogP contribution in [0.4, 0.5) is 0 Å². The van der Waals surface area contributed by atoms with Crippen molar-refractivity contribution in [1.82, 2.24) is 30.4 Å². The van der Waals surface area contributed by atoms with E-state index in [1.807, 2.05) is 6.07 Å². The number of carbonyl (C=O) groups is 2. The van der Waals surface area contributed by atoms with Crippen molar-refractivity contribution in [3.8, 4) is 6.07 Å². The first-order chi connectivity index (χ1) is 13.1. The van der Waals surface area contributed by atoms with Gasteiger partial charge < -0.3 is 10.4 Å². The van der Waals surface area contributed by atoms with E-state index in [-0.39, 0.29) is 35.3 Å². The summed E-state index contributed by atoms with van der Waals surface area (Å²) in [5.41, 5.74) is 1.55. The highest BCUT2D eigenvalue weighted by atomic mass is 32.2. The van der Waals surface area contributed by atoms with Gasteiger partial charge in [-0.2, -0.15) is 5.26 Å². The number of nitriles is 1. The molecule has 0 aromatic carbocycles. The monoisotopic (exact) mass is 427 g/mol. The molecule has 2 N–H and O–H groups in total. The Kier molecular flexibility index (Phi) is 6.64. The summed E-state index contributed by atoms with van der Waals surface area (Å²) < 4.78 is 1.56. The van der Waals surface area contributed by atoms with Gasteiger partial charge in [-0.05, 0) is 16.0 Å². The predicted octanol–water partition coefficient (Wildman–Crippen LogP) is -0.795. The highest BCUT2D eigenvalue weighted by Crippen LogP contribution is 2.41. The summed E-state index contributed by atoms with van der Waals surface area (Å²) in [5.74, 6) is 1.10. The van der Waals surface area contributed by atoms with E-state index in [1.54, 1.807) is 28.4 Å². The summed E-state index contributed by atoms with van der Waals surface area (Å²) in [6.45, 7) is -0.242. The molecule has 1 saturated heterocycles. The number of β-lactam (4-membered cyclic amide) rings is 1. The summed E-state index contributed by atoms with van der Waals surface area (Å²) in [4.78, 5) is 26.0. The summed E-state index contributed by atoms with van der Waals surface area (Å²) in [6, 6.07) is 1.36. The molecule has 0 spiro atoms. The molecule has 2 amide bonds. The molecule has 1 unspecified atom stereocenters. The molecule has 13 heteroatoms. The van der Waals surface area contributed by atoms with Crippen LogP contribution in [0.3, 0.4) is 0 Å². The normalized spacial score (nSPS) is 21.5. The lowest BCUT2D eigenvalue weighted by molar-refractivity contribution is -0.146. The summed E-state index contributed by atoms with van der Waals surface area (Å²) >= 11 is 4.20. The molecule has 0 saturated carbocycles. The van der Waals surface area contributed by atoms with Gasteiger partial charge in [0.05, 0.1) is 24.2 Å². The number of aliphatic hydroxyl groups is 1. The van der Waals surface area contributed by atoms with Crippen molar-refractivity contribution in [1.29, 1.82) is 5.26 Å². The fourth-order valence-corrected chi connectivity index (χ4v) is 5.59. The van der Waals surface area contributed by atoms with Gasteiger partial charge in [-0.1, -0.05) is 11.8 Å². The van der Waals surface area contributed by atoms with E-state index in [2.05, 4.69) is 20.8 Å². The van der Waals surface area contributed by atoms with E-state index in [0.29, 0.717) is 22.4 Å². The third kappa shape index (κ3) is 4.23. The SMILES string of the molecule is Cn1nnnc1SCC1=C(CO)N2C(=O)[C@@H](NC(=O)CSCC#N)C2SC1. The number of carbonyl (C=O) groups excluding carboxylic acids is 2. The minimum Gasteiger partial charge on any atom is -0.390 e. The number of rotatable bonds is 8. The number of hydrogen-bond acceptors (Lipinski definition) is 10. The highest BCUT2D eigenvalue weighted by molar-refractivity contribution is 8.01. The van der Waals surface area contributed by atoms with Crippen LogP contribution < -0.4 is 5.32 Å². The molecular formula is C14H17N7O3S3. The van der Waals surface area contributed by atoms with Crippen molar-refractivity contribution < 1.29 is 14.7 Å². The standard InChI is InChI=1S/C14H17N7O3S3/c1-20-14(17-18-19-20)27-6-8-5-26-13-11(12(24)21(13)9(8)4-22)16-10(23)7-25-3-2-15/h11,13,22H,3-7H2,1H3,(H,16,23)/t11-,13?/m1/s1. The van der Waals surface area contributed by atoms with Crippen LogP contribution >= 0.6 is 35.3 Å². The van der Waals surface area contributed by atoms with Gasteiger partial charge in [-0.25, -0.2) is 4.68 Å². The molecule has 0 aliphatic carbocycles. The lowest BCUT2D eigenvalue weighted by atomic mass is 10.0. The minimum atomic E-state index is -0.594. The third-order valence-corrected chi connectivity index (χ3v) is 7.23. The van der Waals surface area contributed by atoms with Crippen molar-refractivity contribution >= 4 is 47.1 Å². The van der Waals surface area contributed by atoms with Gasteiger partial charge in [0, 0.05) is 24.3 Å². The van der Waals surface area contributed by atoms with E-state index in [4.69, 9.17) is 5.26 Å². The molecule has 27 heavy (non-hydrogen) atoms. The van der Waals surface area contributed by atoms with E-state index in [0.717, 1.165) is 5.57 Å². The Labute approximate surface area is 168 Å². The van der Waals surface area contributed by atoms with E-state index >= 15 is 0 Å². The lowest BCUT2D eigenvalue weighted by Gasteiger charge is -2.50. The van der Waals surface area contributed by atoms with Gasteiger partial charge in [0.1, 0.15) is 11.4 Å². The molecule has 144 valence electrons. The fourth-order valence-electron chi connectivity index (χ4n) is 2.71. The van der Waals surface area contributed by atoms with Crippen molar-refractivity contribution in [2.24, 2.45) is 7.05 Å². The molecule has 2 aliphatic heterocycles. The van der Waals surface area contributed by atoms with E-state index in [1.165, 1.54) is 23.5 Å². The maximum Gasteiger partial charge on any atom is 0.253 e. The van der Waals surface area contributed by atoms with Crippen LogP contribution in [0.25, 0.3) is 0 Å². The van der Waals surface area contributed by atoms with Gasteiger partial charge in [0.2, 0.25) is 11.1 Å². The molecule has 0 radical (unpaired) electrons. The van der Waals surface area contributed by atoms with Crippen molar-refractivity contribution in [3.05, 3.63) is 11.3 Å². The number of hydrogen-bond donors (Lipinski definition) is 2. The number of aliphatic hydroxyl groups excluding tert-OH is 1. The van der Waals surface area contributed by atoms with Gasteiger partial charge >= 0.3 is 0 Å². The van der Waals surface area contributed by atoms with Crippen LogP contribution in [0.1, 0.15) is 0 Å². The molecule has 3 heterocycles. The molecule has 0 bridgehead atoms. The quantitative estimate of drug-likeness (QED) is 0.308. The van der Waals surface area contributed by atoms with Gasteiger partial charge in [0.25, 0.3) is 5.91 Å². The topological polar surface area (TPSA) is 137 Å². The van der Waals surface area contributed by atoms with Crippen LogP contribution in [0, 0.1) is 11.3 Å². The zero-order valence-electron chi connectivity index (χ0n) is 14.4. The van der Waals surface area contributed by atoms with Crippen molar-refractivity contribution in [3.63, 3.8) is 0 Å². The number of amides is 2. The number of aryl methyl sites for hydroxylation is 1. The first kappa shape index (κ1) is 20.0. The fraction of sp³-hybridized carbons (Fsp3) is 0.571. The molecule has 1 aromatic heterocycles. The molecule has 2 atom stereocenters. The Morgan fingerprint density at radius 2 is 2.37 bits per heavy atom. The first-order valence-corrected chi connectivity index (χ1v) is 11.1. The van der Waals surface area contributed by atoms with Gasteiger partial charge in [0.15, 0.2) is 0 Å². The molecule has 3 rings (SSSR count). The number of tetrazole rings is 1. The van der Waals surface area contributed by atoms with Crippen LogP contribution in [0.2, 0.25) is 0 Å². The van der Waals surface area contributed by atoms with Crippen LogP contribution in [-0.2, 0) is 16.6 Å². The van der Waals surface area contributed by atoms with Crippen LogP contribution in [0.5, 0.6) is 0 Å². The van der Waals surface area contributed by atoms with Gasteiger partial charge in [-0.15, -0.1) is 28.6 Å². The lowest BCUT2D eigenvalue weighted by Crippen LogP contribution is -2.70. The van der Waals surface area contributed by atoms with Gasteiger partial charge in [-0.3, -0.25) is 14.5 Å². The maximum absolute atomic E-state index is 12.5. The van der Waals surface area contributed by atoms with Crippen LogP contribution in [0.15, 0.2) is 16.4 Å². The number of nitrogens with one attached hydrogen (secondary N) is 1. The molecule has 10 nitrogen and oxygen atoms in total. The number of thioether (sulfide) groups is 3. The second-order valence-corrected chi connectivity index (χ2v) is 8.72. The van der Waals surface area contributed by atoms with E-state index in [9.17, 15) is 14.7 Å². The second-order valence-electron chi connectivity index (χ2n) is 5.69. The Morgan fingerprint density at radius 3 is 3.04 bits per heavy atom. The van der Waals surface area contributed by atoms with Crippen molar-refractivity contribution in [2.45, 2.75) is 16.6 Å². The average Bonchev–Trinajstić information content (AvgIpc) is 3.08. The first-order valence-electron chi connectivity index (χ1n) is 7.92. The molecule has 1 aromatic rings. The minimum absolute atomic E-state index is 0.144. The summed E-state index contributed by atoms with van der Waals surface area (Å²) in [6.07, 6.45) is 0. The maximum atomic E-state index is 12.5. The summed E-state index contributed by atoms with van der Waals surface area (Å²) in [7, 11) is 1.75. The van der Waals surface area contributed by atoms with Crippen molar-refractivity contribution in [2.75, 3.05) is 29.6 Å². The largest absolute Gasteiger partial charge is 0.390 e. The Hall–Kier alpha value is -1.75. The predicted molar refractivity (Wildman–Crippen MR) is 102 cm³/mol. The molecular weight excluding hydrogens is 410 g/mol. The molecule has 1 fully saturated rings. The third-order valence-electron chi connectivity index (χ3n) is 3.99. The summed E-state index contributed by atoms with van der Waals surface area (Å²) in [5, 5.41) is 32.7. The zero-order chi connectivity index (χ0) is 19.4. The zero-order valence-corrected chi connectivity index (χ0v) is 16.8. The number of nitrogens with zero attached hydrogens (tertiary/aromatic N) is 6. The Balaban J connectivity index is 1.61. The highest BCUT2D eigenvalue weighted by Gasteiger charge is 2.52. The second kappa shape index (κ2) is 8.96. The number of aromatic nitrogens is 4. The Morgan fingerprint density at radius 1 is 1.56 bits per heavy atom. The van der Waals surface area contributed by atoms with Crippen LogP contribution in [-0.4, -0.2) is 83.1 Å². The Bertz CT molecular complexity index is 806.